The summed E-state index contributed by atoms with van der Waals surface area (Å²) in [4.78, 5) is 15.5. The summed E-state index contributed by atoms with van der Waals surface area (Å²) in [5.74, 6) is 2.84. The van der Waals surface area contributed by atoms with Crippen molar-refractivity contribution in [2.24, 2.45) is 0 Å². The summed E-state index contributed by atoms with van der Waals surface area (Å²) in [6, 6.07) is 59.7. The summed E-state index contributed by atoms with van der Waals surface area (Å²) in [6.45, 7) is 0. The molecule has 0 N–H and O–H groups in total. The van der Waals surface area contributed by atoms with Gasteiger partial charge >= 0.3 is 0 Å². The molecule has 7 aromatic carbocycles. The summed E-state index contributed by atoms with van der Waals surface area (Å²) in [5, 5.41) is 3.67. The number of ether oxygens (including phenoxy) is 1. The first-order chi connectivity index (χ1) is 28.2. The van der Waals surface area contributed by atoms with Crippen LogP contribution in [0.5, 0.6) is 5.75 Å². The molecule has 0 fully saturated rings. The van der Waals surface area contributed by atoms with E-state index in [4.69, 9.17) is 19.7 Å². The molecule has 57 heavy (non-hydrogen) atoms. The Hall–Kier alpha value is -7.15. The predicted octanol–water partition coefficient (Wildman–Crippen LogP) is 13.1. The van der Waals surface area contributed by atoms with Crippen molar-refractivity contribution in [1.82, 2.24) is 19.5 Å². The molecule has 12 rings (SSSR count). The van der Waals surface area contributed by atoms with E-state index >= 15 is 0 Å². The van der Waals surface area contributed by atoms with E-state index in [1.54, 1.807) is 0 Å². The smallest absolute Gasteiger partial charge is 0.164 e. The Labute approximate surface area is 332 Å². The summed E-state index contributed by atoms with van der Waals surface area (Å²) in [6.07, 6.45) is 4.43. The van der Waals surface area contributed by atoms with E-state index in [9.17, 15) is 0 Å². The average molecular weight is 749 g/mol. The number of nitrogens with zero attached hydrogens (tertiary/aromatic N) is 4. The van der Waals surface area contributed by atoms with Crippen LogP contribution in [-0.2, 0) is 0 Å². The van der Waals surface area contributed by atoms with E-state index in [0.29, 0.717) is 17.5 Å². The molecule has 0 bridgehead atoms. The topological polar surface area (TPSA) is 52.8 Å². The first-order valence-corrected chi connectivity index (χ1v) is 20.1. The maximum atomic E-state index is 6.87. The van der Waals surface area contributed by atoms with Crippen LogP contribution in [-0.4, -0.2) is 19.5 Å². The molecular weight excluding hydrogens is 717 g/mol. The van der Waals surface area contributed by atoms with Crippen LogP contribution in [0.25, 0.3) is 88.1 Å². The predicted molar refractivity (Wildman–Crippen MR) is 233 cm³/mol. The number of hydrogen-bond acceptors (Lipinski definition) is 5. The van der Waals surface area contributed by atoms with Crippen LogP contribution in [0.4, 0.5) is 0 Å². The monoisotopic (exact) mass is 748 g/mol. The highest BCUT2D eigenvalue weighted by atomic mass is 32.1. The summed E-state index contributed by atoms with van der Waals surface area (Å²) < 4.78 is 11.7. The number of benzene rings is 7. The van der Waals surface area contributed by atoms with Crippen LogP contribution in [0.1, 0.15) is 28.8 Å². The number of thiophene rings is 1. The van der Waals surface area contributed by atoms with Gasteiger partial charge in [0, 0.05) is 65.0 Å². The summed E-state index contributed by atoms with van der Waals surface area (Å²) in [7, 11) is 0. The maximum absolute atomic E-state index is 6.87. The van der Waals surface area contributed by atoms with Crippen molar-refractivity contribution in [3.63, 3.8) is 0 Å². The standard InChI is InChI=1S/C51H32N4OS/c1-3-11-31(12-4-1)32-19-21-33(22-20-32)49-52-50(54-51(53-49)35-24-28-46-41(30-35)37-15-8-10-18-45(37)57-46)34-23-27-44-40(29-34)38-25-26-43-47(48(38)56-44)39-16-7-9-17-42(39)55(43)36-13-5-2-6-14-36/h1-30,38,48H. The van der Waals surface area contributed by atoms with Crippen molar-refractivity contribution in [2.75, 3.05) is 0 Å². The van der Waals surface area contributed by atoms with Gasteiger partial charge < -0.3 is 9.30 Å². The Balaban J connectivity index is 0.979. The molecule has 2 unspecified atom stereocenters. The lowest BCUT2D eigenvalue weighted by Gasteiger charge is -2.22. The fourth-order valence-electron chi connectivity index (χ4n) is 8.74. The molecule has 10 aromatic rings. The van der Waals surface area contributed by atoms with E-state index in [0.717, 1.165) is 44.9 Å². The van der Waals surface area contributed by atoms with Crippen molar-refractivity contribution < 1.29 is 4.74 Å². The Bertz CT molecular complexity index is 3220. The zero-order valence-electron chi connectivity index (χ0n) is 30.6. The van der Waals surface area contributed by atoms with Crippen molar-refractivity contribution in [2.45, 2.75) is 12.0 Å². The molecule has 0 saturated heterocycles. The summed E-state index contributed by atoms with van der Waals surface area (Å²) >= 11 is 1.81. The van der Waals surface area contributed by atoms with Gasteiger partial charge in [0.05, 0.1) is 11.2 Å². The lowest BCUT2D eigenvalue weighted by molar-refractivity contribution is 0.224. The molecule has 2 atom stereocenters. The maximum Gasteiger partial charge on any atom is 0.164 e. The Morgan fingerprint density at radius 2 is 1.09 bits per heavy atom. The molecule has 6 heteroatoms. The average Bonchev–Trinajstić information content (AvgIpc) is 3.96. The van der Waals surface area contributed by atoms with E-state index in [-0.39, 0.29) is 12.0 Å². The third-order valence-electron chi connectivity index (χ3n) is 11.4. The van der Waals surface area contributed by atoms with Gasteiger partial charge in [-0.05, 0) is 77.9 Å². The minimum Gasteiger partial charge on any atom is -0.484 e. The van der Waals surface area contributed by atoms with Crippen molar-refractivity contribution >= 4 is 48.5 Å². The van der Waals surface area contributed by atoms with Crippen molar-refractivity contribution in [3.05, 3.63) is 193 Å². The number of aromatic nitrogens is 4. The van der Waals surface area contributed by atoms with E-state index in [1.165, 1.54) is 42.2 Å². The zero-order chi connectivity index (χ0) is 37.5. The third-order valence-corrected chi connectivity index (χ3v) is 12.6. The fraction of sp³-hybridized carbons (Fsp3) is 0.0392. The second kappa shape index (κ2) is 12.7. The van der Waals surface area contributed by atoms with E-state index < -0.39 is 0 Å². The molecule has 1 aliphatic heterocycles. The van der Waals surface area contributed by atoms with Gasteiger partial charge in [-0.2, -0.15) is 0 Å². The van der Waals surface area contributed by atoms with Gasteiger partial charge in [-0.1, -0.05) is 115 Å². The van der Waals surface area contributed by atoms with Gasteiger partial charge in [0.15, 0.2) is 17.5 Å². The molecule has 0 saturated carbocycles. The van der Waals surface area contributed by atoms with Gasteiger partial charge in [-0.3, -0.25) is 0 Å². The van der Waals surface area contributed by atoms with Gasteiger partial charge in [0.25, 0.3) is 0 Å². The number of fused-ring (bicyclic) bond motifs is 10. The normalized spacial score (nSPS) is 15.4. The Morgan fingerprint density at radius 1 is 0.491 bits per heavy atom. The SMILES string of the molecule is C1=CC2c3cc(-c4nc(-c5ccc(-c6ccccc6)cc5)nc(-c5ccc6sc7ccccc7c6c5)n4)ccc3OC2c2c1n(-c1ccccc1)c1ccccc21. The second-order valence-electron chi connectivity index (χ2n) is 14.7. The van der Waals surface area contributed by atoms with Gasteiger partial charge in [0.1, 0.15) is 11.9 Å². The Kier molecular flexibility index (Phi) is 7.16. The number of para-hydroxylation sites is 2. The fourth-order valence-corrected chi connectivity index (χ4v) is 9.83. The van der Waals surface area contributed by atoms with Crippen LogP contribution < -0.4 is 4.74 Å². The quantitative estimate of drug-likeness (QED) is 0.176. The highest BCUT2D eigenvalue weighted by Crippen LogP contribution is 2.53. The molecule has 4 heterocycles. The first kappa shape index (κ1) is 32.1. The van der Waals surface area contributed by atoms with Crippen LogP contribution in [0.3, 0.4) is 0 Å². The molecular formula is C51H32N4OS. The third kappa shape index (κ3) is 5.18. The molecule has 1 aliphatic carbocycles. The van der Waals surface area contributed by atoms with Crippen LogP contribution in [0.15, 0.2) is 176 Å². The molecule has 5 nitrogen and oxygen atoms in total. The van der Waals surface area contributed by atoms with Crippen molar-refractivity contribution in [3.8, 4) is 56.7 Å². The highest BCUT2D eigenvalue weighted by molar-refractivity contribution is 7.25. The summed E-state index contributed by atoms with van der Waals surface area (Å²) in [5.41, 5.74) is 11.0. The van der Waals surface area contributed by atoms with Crippen LogP contribution >= 0.6 is 11.3 Å². The van der Waals surface area contributed by atoms with Crippen LogP contribution in [0.2, 0.25) is 0 Å². The second-order valence-corrected chi connectivity index (χ2v) is 15.8. The van der Waals surface area contributed by atoms with E-state index in [1.807, 2.05) is 17.4 Å². The molecule has 0 spiro atoms. The highest BCUT2D eigenvalue weighted by Gasteiger charge is 2.40. The molecule has 0 amide bonds. The zero-order valence-corrected chi connectivity index (χ0v) is 31.4. The lowest BCUT2D eigenvalue weighted by atomic mass is 9.85. The minimum atomic E-state index is -0.148. The lowest BCUT2D eigenvalue weighted by Crippen LogP contribution is -2.13. The first-order valence-electron chi connectivity index (χ1n) is 19.3. The minimum absolute atomic E-state index is 0.0445. The van der Waals surface area contributed by atoms with Gasteiger partial charge in [0.2, 0.25) is 0 Å². The molecule has 268 valence electrons. The van der Waals surface area contributed by atoms with Gasteiger partial charge in [-0.25, -0.2) is 15.0 Å². The Morgan fingerprint density at radius 3 is 1.89 bits per heavy atom. The number of rotatable bonds is 5. The molecule has 0 radical (unpaired) electrons. The van der Waals surface area contributed by atoms with Crippen LogP contribution in [0, 0.1) is 0 Å². The molecule has 2 aliphatic rings. The molecule has 3 aromatic heterocycles. The largest absolute Gasteiger partial charge is 0.484 e. The van der Waals surface area contributed by atoms with Gasteiger partial charge in [-0.15, -0.1) is 11.3 Å². The van der Waals surface area contributed by atoms with Crippen molar-refractivity contribution in [1.29, 1.82) is 0 Å². The van der Waals surface area contributed by atoms with E-state index in [2.05, 4.69) is 181 Å². The number of hydrogen-bond donors (Lipinski definition) is 0.